The van der Waals surface area contributed by atoms with Gasteiger partial charge in [0.25, 0.3) is 0 Å². The molecule has 0 bridgehead atoms. The van der Waals surface area contributed by atoms with Gasteiger partial charge in [0.1, 0.15) is 0 Å². The van der Waals surface area contributed by atoms with Gasteiger partial charge >= 0.3 is 48.9 Å². The molecule has 72 valence electrons. The van der Waals surface area contributed by atoms with E-state index in [-0.39, 0.29) is 54.7 Å². The van der Waals surface area contributed by atoms with Crippen LogP contribution in [0.15, 0.2) is 60.7 Å². The van der Waals surface area contributed by atoms with E-state index >= 15 is 0 Å². The third-order valence-electron chi connectivity index (χ3n) is 2.07. The van der Waals surface area contributed by atoms with Crippen molar-refractivity contribution in [3.05, 3.63) is 71.8 Å². The SMILES string of the molecule is O=C(c1ccccc1)c1ccccc1.[BaH2]. The third-order valence-corrected chi connectivity index (χ3v) is 2.07. The van der Waals surface area contributed by atoms with Crippen LogP contribution in [0.5, 0.6) is 0 Å². The van der Waals surface area contributed by atoms with Crippen LogP contribution >= 0.6 is 0 Å². The van der Waals surface area contributed by atoms with Crippen molar-refractivity contribution in [2.45, 2.75) is 0 Å². The van der Waals surface area contributed by atoms with Gasteiger partial charge in [-0.1, -0.05) is 60.7 Å². The number of benzene rings is 2. The fraction of sp³-hybridized carbons (Fsp3) is 0. The fourth-order valence-corrected chi connectivity index (χ4v) is 1.35. The Labute approximate surface area is 130 Å². The summed E-state index contributed by atoms with van der Waals surface area (Å²) in [5.41, 5.74) is 1.47. The van der Waals surface area contributed by atoms with Crippen molar-refractivity contribution in [2.24, 2.45) is 0 Å². The first-order chi connectivity index (χ1) is 6.88. The van der Waals surface area contributed by atoms with Crippen molar-refractivity contribution >= 4 is 54.7 Å². The first kappa shape index (κ1) is 12.7. The molecule has 2 aromatic rings. The molecule has 0 atom stereocenters. The molecular formula is C13H12BaO. The Kier molecular flexibility index (Phi) is 5.36. The van der Waals surface area contributed by atoms with E-state index in [9.17, 15) is 4.79 Å². The van der Waals surface area contributed by atoms with Gasteiger partial charge < -0.3 is 0 Å². The summed E-state index contributed by atoms with van der Waals surface area (Å²) in [5.74, 6) is 0.0752. The first-order valence-electron chi connectivity index (χ1n) is 4.53. The summed E-state index contributed by atoms with van der Waals surface area (Å²) in [5, 5.41) is 0. The minimum absolute atomic E-state index is 0. The third kappa shape index (κ3) is 3.33. The molecule has 2 aromatic carbocycles. The number of rotatable bonds is 2. The topological polar surface area (TPSA) is 17.1 Å². The zero-order valence-corrected chi connectivity index (χ0v) is 7.68. The summed E-state index contributed by atoms with van der Waals surface area (Å²) in [4.78, 5) is 11.8. The Bertz CT molecular complexity index is 381. The Hall–Kier alpha value is -0.319. The number of carbonyl (C=O) groups excluding carboxylic acids is 1. The Morgan fingerprint density at radius 1 is 0.667 bits per heavy atom. The van der Waals surface area contributed by atoms with Gasteiger partial charge in [0, 0.05) is 11.1 Å². The predicted molar refractivity (Wildman–Crippen MR) is 64.9 cm³/mol. The number of hydrogen-bond donors (Lipinski definition) is 0. The van der Waals surface area contributed by atoms with Crippen LogP contribution in [0, 0.1) is 0 Å². The van der Waals surface area contributed by atoms with Crippen LogP contribution in [-0.2, 0) is 0 Å². The van der Waals surface area contributed by atoms with Gasteiger partial charge in [-0.15, -0.1) is 0 Å². The van der Waals surface area contributed by atoms with Gasteiger partial charge in [0.2, 0.25) is 0 Å². The van der Waals surface area contributed by atoms with Crippen LogP contribution in [0.25, 0.3) is 0 Å². The van der Waals surface area contributed by atoms with Crippen molar-refractivity contribution < 1.29 is 4.79 Å². The molecule has 0 aliphatic rings. The van der Waals surface area contributed by atoms with E-state index in [1.54, 1.807) is 0 Å². The van der Waals surface area contributed by atoms with Crippen molar-refractivity contribution in [1.29, 1.82) is 0 Å². The second-order valence-corrected chi connectivity index (χ2v) is 3.06. The van der Waals surface area contributed by atoms with Gasteiger partial charge in [-0.3, -0.25) is 4.79 Å². The van der Waals surface area contributed by atoms with Crippen LogP contribution in [0.2, 0.25) is 0 Å². The summed E-state index contributed by atoms with van der Waals surface area (Å²) < 4.78 is 0. The first-order valence-corrected chi connectivity index (χ1v) is 4.53. The molecule has 0 aliphatic heterocycles. The monoisotopic (exact) mass is 322 g/mol. The number of ketones is 1. The molecular weight excluding hydrogens is 309 g/mol. The van der Waals surface area contributed by atoms with Crippen LogP contribution in [0.3, 0.4) is 0 Å². The molecule has 1 nitrogen and oxygen atoms in total. The predicted octanol–water partition coefficient (Wildman–Crippen LogP) is 2.00. The van der Waals surface area contributed by atoms with E-state index in [1.165, 1.54) is 0 Å². The molecule has 0 fully saturated rings. The molecule has 0 saturated heterocycles. The zero-order chi connectivity index (χ0) is 9.80. The van der Waals surface area contributed by atoms with Crippen LogP contribution in [-0.4, -0.2) is 54.7 Å². The van der Waals surface area contributed by atoms with Gasteiger partial charge in [-0.25, -0.2) is 0 Å². The summed E-state index contributed by atoms with van der Waals surface area (Å²) in [6.07, 6.45) is 0. The van der Waals surface area contributed by atoms with E-state index in [2.05, 4.69) is 0 Å². The van der Waals surface area contributed by atoms with Crippen LogP contribution in [0.1, 0.15) is 15.9 Å². The van der Waals surface area contributed by atoms with E-state index in [4.69, 9.17) is 0 Å². The molecule has 0 aliphatic carbocycles. The fourth-order valence-electron chi connectivity index (χ4n) is 1.35. The van der Waals surface area contributed by atoms with Crippen LogP contribution < -0.4 is 0 Å². The van der Waals surface area contributed by atoms with Crippen molar-refractivity contribution in [2.75, 3.05) is 0 Å². The molecule has 0 N–H and O–H groups in total. The van der Waals surface area contributed by atoms with E-state index in [0.717, 1.165) is 11.1 Å². The van der Waals surface area contributed by atoms with E-state index in [1.807, 2.05) is 60.7 Å². The molecule has 0 spiro atoms. The molecule has 2 heteroatoms. The average Bonchev–Trinajstić information content (AvgIpc) is 2.30. The average molecular weight is 322 g/mol. The minimum atomic E-state index is 0. The molecule has 0 amide bonds. The molecule has 2 rings (SSSR count). The summed E-state index contributed by atoms with van der Waals surface area (Å²) >= 11 is 0. The summed E-state index contributed by atoms with van der Waals surface area (Å²) in [6, 6.07) is 18.6. The maximum atomic E-state index is 11.8. The molecule has 0 saturated carbocycles. The van der Waals surface area contributed by atoms with Crippen LogP contribution in [0.4, 0.5) is 0 Å². The Morgan fingerprint density at radius 3 is 1.33 bits per heavy atom. The Balaban J connectivity index is 0.00000112. The van der Waals surface area contributed by atoms with Gasteiger partial charge in [-0.2, -0.15) is 0 Å². The number of carbonyl (C=O) groups is 1. The van der Waals surface area contributed by atoms with Crippen molar-refractivity contribution in [3.8, 4) is 0 Å². The molecule has 0 heterocycles. The second kappa shape index (κ2) is 6.30. The van der Waals surface area contributed by atoms with E-state index in [0.29, 0.717) is 0 Å². The molecule has 0 aromatic heterocycles. The second-order valence-electron chi connectivity index (χ2n) is 3.06. The van der Waals surface area contributed by atoms with Crippen molar-refractivity contribution in [3.63, 3.8) is 0 Å². The van der Waals surface area contributed by atoms with E-state index < -0.39 is 0 Å². The Morgan fingerprint density at radius 2 is 1.00 bits per heavy atom. The quantitative estimate of drug-likeness (QED) is 0.611. The summed E-state index contributed by atoms with van der Waals surface area (Å²) in [6.45, 7) is 0. The molecule has 15 heavy (non-hydrogen) atoms. The molecule has 0 radical (unpaired) electrons. The van der Waals surface area contributed by atoms with Gasteiger partial charge in [-0.05, 0) is 0 Å². The zero-order valence-electron chi connectivity index (χ0n) is 7.68. The van der Waals surface area contributed by atoms with Gasteiger partial charge in [0.05, 0.1) is 0 Å². The van der Waals surface area contributed by atoms with Crippen molar-refractivity contribution in [1.82, 2.24) is 0 Å². The van der Waals surface area contributed by atoms with Gasteiger partial charge in [0.15, 0.2) is 5.78 Å². The normalized spacial score (nSPS) is 9.07. The number of hydrogen-bond acceptors (Lipinski definition) is 1. The standard InChI is InChI=1S/C13H10O.Ba.2H/c14-13(11-7-3-1-4-8-11)12-9-5-2-6-10-12;;;/h1-10H;;;. The summed E-state index contributed by atoms with van der Waals surface area (Å²) in [7, 11) is 0. The maximum absolute atomic E-state index is 11.8. The molecule has 0 unspecified atom stereocenters.